The molecule has 1 atom stereocenters. The molecule has 0 aromatic heterocycles. The van der Waals surface area contributed by atoms with E-state index >= 15 is 0 Å². The molecule has 2 amide bonds. The Labute approximate surface area is 232 Å². The summed E-state index contributed by atoms with van der Waals surface area (Å²) in [6, 6.07) is 22.5. The van der Waals surface area contributed by atoms with Gasteiger partial charge in [0.25, 0.3) is 0 Å². The minimum absolute atomic E-state index is 0.0841. The highest BCUT2D eigenvalue weighted by Gasteiger charge is 2.33. The van der Waals surface area contributed by atoms with Gasteiger partial charge >= 0.3 is 0 Å². The molecule has 0 spiro atoms. The van der Waals surface area contributed by atoms with E-state index in [4.69, 9.17) is 4.74 Å². The quantitative estimate of drug-likeness (QED) is 0.338. The fraction of sp³-hybridized carbons (Fsp3) is 0.286. The minimum atomic E-state index is -3.82. The van der Waals surface area contributed by atoms with Gasteiger partial charge in [-0.05, 0) is 48.4 Å². The first-order valence-corrected chi connectivity index (χ1v) is 14.7. The zero-order valence-electron chi connectivity index (χ0n) is 21.6. The SMILES string of the molecule is CCNC(=O)[C@@H](Cc1ccccc1)N(Cc1cccc(OC)c1)C(=O)CN(c1cccc(Br)c1)S(C)(=O)=O. The summed E-state index contributed by atoms with van der Waals surface area (Å²) in [7, 11) is -2.26. The molecular weight excluding hydrogens is 570 g/mol. The Kier molecular flexibility index (Phi) is 10.3. The molecule has 0 aliphatic heterocycles. The molecule has 1 N–H and O–H groups in total. The van der Waals surface area contributed by atoms with E-state index in [0.29, 0.717) is 22.5 Å². The van der Waals surface area contributed by atoms with Crippen LogP contribution in [0.5, 0.6) is 5.75 Å². The molecule has 0 radical (unpaired) electrons. The summed E-state index contributed by atoms with van der Waals surface area (Å²) < 4.78 is 32.6. The molecule has 0 aliphatic carbocycles. The van der Waals surface area contributed by atoms with Crippen LogP contribution in [0.3, 0.4) is 0 Å². The Morgan fingerprint density at radius 2 is 1.66 bits per heavy atom. The molecule has 3 rings (SSSR count). The Morgan fingerprint density at radius 3 is 2.29 bits per heavy atom. The number of methoxy groups -OCH3 is 1. The van der Waals surface area contributed by atoms with Crippen molar-refractivity contribution >= 4 is 43.5 Å². The van der Waals surface area contributed by atoms with E-state index in [1.807, 2.05) is 43.3 Å². The summed E-state index contributed by atoms with van der Waals surface area (Å²) in [5.41, 5.74) is 1.96. The summed E-state index contributed by atoms with van der Waals surface area (Å²) >= 11 is 3.37. The van der Waals surface area contributed by atoms with Gasteiger partial charge in [-0.2, -0.15) is 0 Å². The second-order valence-corrected chi connectivity index (χ2v) is 11.5. The van der Waals surface area contributed by atoms with Crippen LogP contribution in [0, 0.1) is 0 Å². The number of likely N-dealkylation sites (N-methyl/N-ethyl adjacent to an activating group) is 1. The first-order valence-electron chi connectivity index (χ1n) is 12.1. The smallest absolute Gasteiger partial charge is 0.244 e. The van der Waals surface area contributed by atoms with Gasteiger partial charge in [-0.1, -0.05) is 64.5 Å². The monoisotopic (exact) mass is 601 g/mol. The molecule has 8 nitrogen and oxygen atoms in total. The maximum Gasteiger partial charge on any atom is 0.244 e. The van der Waals surface area contributed by atoms with Crippen LogP contribution >= 0.6 is 15.9 Å². The number of rotatable bonds is 12. The fourth-order valence-corrected chi connectivity index (χ4v) is 5.29. The van der Waals surface area contributed by atoms with Crippen molar-refractivity contribution in [3.8, 4) is 5.75 Å². The van der Waals surface area contributed by atoms with Crippen molar-refractivity contribution < 1.29 is 22.7 Å². The highest BCUT2D eigenvalue weighted by Crippen LogP contribution is 2.24. The number of ether oxygens (including phenoxy) is 1. The van der Waals surface area contributed by atoms with Crippen LogP contribution in [-0.4, -0.2) is 57.6 Å². The van der Waals surface area contributed by atoms with Crippen molar-refractivity contribution in [2.45, 2.75) is 25.9 Å². The number of hydrogen-bond donors (Lipinski definition) is 1. The average molecular weight is 603 g/mol. The predicted molar refractivity (Wildman–Crippen MR) is 152 cm³/mol. The van der Waals surface area contributed by atoms with Crippen molar-refractivity contribution in [3.63, 3.8) is 0 Å². The van der Waals surface area contributed by atoms with E-state index in [-0.39, 0.29) is 18.9 Å². The third kappa shape index (κ3) is 8.06. The number of anilines is 1. The van der Waals surface area contributed by atoms with E-state index in [1.54, 1.807) is 49.6 Å². The molecule has 0 aliphatic rings. The number of sulfonamides is 1. The summed E-state index contributed by atoms with van der Waals surface area (Å²) in [5, 5.41) is 2.84. The van der Waals surface area contributed by atoms with Gasteiger partial charge in [0.05, 0.1) is 19.1 Å². The summed E-state index contributed by atoms with van der Waals surface area (Å²) in [4.78, 5) is 28.7. The molecular formula is C28H32BrN3O5S. The standard InChI is InChI=1S/C28H32BrN3O5S/c1-4-30-28(34)26(17-21-10-6-5-7-11-21)31(19-22-12-8-15-25(16-22)37-2)27(33)20-32(38(3,35)36)24-14-9-13-23(29)18-24/h5-16,18,26H,4,17,19-20H2,1-3H3,(H,30,34)/t26-/m1/s1. The number of amides is 2. The number of nitrogens with one attached hydrogen (secondary N) is 1. The number of carbonyl (C=O) groups excluding carboxylic acids is 2. The van der Waals surface area contributed by atoms with Crippen LogP contribution in [0.4, 0.5) is 5.69 Å². The molecule has 0 unspecified atom stereocenters. The van der Waals surface area contributed by atoms with Crippen molar-refractivity contribution in [2.75, 3.05) is 30.8 Å². The lowest BCUT2D eigenvalue weighted by Gasteiger charge is -2.33. The Morgan fingerprint density at radius 1 is 0.974 bits per heavy atom. The normalized spacial score (nSPS) is 11.9. The molecule has 10 heteroatoms. The van der Waals surface area contributed by atoms with Gasteiger partial charge in [0.2, 0.25) is 21.8 Å². The van der Waals surface area contributed by atoms with Crippen LogP contribution in [0.15, 0.2) is 83.3 Å². The van der Waals surface area contributed by atoms with E-state index in [1.165, 1.54) is 4.90 Å². The first-order chi connectivity index (χ1) is 18.1. The number of halogens is 1. The Bertz CT molecular complexity index is 1350. The molecule has 0 saturated heterocycles. The van der Waals surface area contributed by atoms with Crippen LogP contribution < -0.4 is 14.4 Å². The molecule has 0 saturated carbocycles. The molecule has 3 aromatic rings. The van der Waals surface area contributed by atoms with Gasteiger partial charge in [0, 0.05) is 24.0 Å². The maximum absolute atomic E-state index is 14.0. The van der Waals surface area contributed by atoms with E-state index in [2.05, 4.69) is 21.2 Å². The zero-order chi connectivity index (χ0) is 27.7. The summed E-state index contributed by atoms with van der Waals surface area (Å²) in [6.07, 6.45) is 1.32. The molecule has 0 bridgehead atoms. The number of hydrogen-bond acceptors (Lipinski definition) is 5. The molecule has 202 valence electrons. The molecule has 3 aromatic carbocycles. The summed E-state index contributed by atoms with van der Waals surface area (Å²) in [6.45, 7) is 1.81. The van der Waals surface area contributed by atoms with Gasteiger partial charge in [0.15, 0.2) is 0 Å². The van der Waals surface area contributed by atoms with Crippen molar-refractivity contribution in [1.29, 1.82) is 0 Å². The van der Waals surface area contributed by atoms with Gasteiger partial charge in [-0.25, -0.2) is 8.42 Å². The second-order valence-electron chi connectivity index (χ2n) is 8.72. The van der Waals surface area contributed by atoms with Gasteiger partial charge in [-0.15, -0.1) is 0 Å². The van der Waals surface area contributed by atoms with Crippen molar-refractivity contribution in [2.24, 2.45) is 0 Å². The third-order valence-corrected chi connectivity index (χ3v) is 7.52. The van der Waals surface area contributed by atoms with Gasteiger partial charge in [-0.3, -0.25) is 13.9 Å². The van der Waals surface area contributed by atoms with E-state index in [0.717, 1.165) is 21.7 Å². The van der Waals surface area contributed by atoms with Gasteiger partial charge < -0.3 is 15.0 Å². The minimum Gasteiger partial charge on any atom is -0.497 e. The third-order valence-electron chi connectivity index (χ3n) is 5.88. The van der Waals surface area contributed by atoms with Crippen LogP contribution in [-0.2, 0) is 32.6 Å². The lowest BCUT2D eigenvalue weighted by Crippen LogP contribution is -2.53. The predicted octanol–water partition coefficient (Wildman–Crippen LogP) is 4.00. The van der Waals surface area contributed by atoms with E-state index < -0.39 is 28.5 Å². The molecule has 0 fully saturated rings. The number of carbonyl (C=O) groups is 2. The lowest BCUT2D eigenvalue weighted by atomic mass is 10.0. The zero-order valence-corrected chi connectivity index (χ0v) is 24.0. The highest BCUT2D eigenvalue weighted by molar-refractivity contribution is 9.10. The lowest BCUT2D eigenvalue weighted by molar-refractivity contribution is -0.140. The van der Waals surface area contributed by atoms with Gasteiger partial charge in [0.1, 0.15) is 18.3 Å². The van der Waals surface area contributed by atoms with Crippen LogP contribution in [0.25, 0.3) is 0 Å². The molecule has 38 heavy (non-hydrogen) atoms. The van der Waals surface area contributed by atoms with E-state index in [9.17, 15) is 18.0 Å². The summed E-state index contributed by atoms with van der Waals surface area (Å²) in [5.74, 6) is -0.217. The largest absolute Gasteiger partial charge is 0.497 e. The average Bonchev–Trinajstić information content (AvgIpc) is 2.89. The van der Waals surface area contributed by atoms with Crippen molar-refractivity contribution in [3.05, 3.63) is 94.5 Å². The van der Waals surface area contributed by atoms with Crippen LogP contribution in [0.2, 0.25) is 0 Å². The Hall–Kier alpha value is -3.37. The second kappa shape index (κ2) is 13.4. The van der Waals surface area contributed by atoms with Crippen molar-refractivity contribution in [1.82, 2.24) is 10.2 Å². The number of nitrogens with zero attached hydrogens (tertiary/aromatic N) is 2. The topological polar surface area (TPSA) is 96.0 Å². The number of benzene rings is 3. The Balaban J connectivity index is 2.05. The maximum atomic E-state index is 14.0. The first kappa shape index (κ1) is 29.2. The molecule has 0 heterocycles. The van der Waals surface area contributed by atoms with Crippen LogP contribution in [0.1, 0.15) is 18.1 Å². The highest BCUT2D eigenvalue weighted by atomic mass is 79.9. The fourth-order valence-electron chi connectivity index (χ4n) is 4.06.